The highest BCUT2D eigenvalue weighted by atomic mass is 15.1. The van der Waals surface area contributed by atoms with Gasteiger partial charge in [-0.1, -0.05) is 248 Å². The van der Waals surface area contributed by atoms with Gasteiger partial charge in [0, 0.05) is 17.1 Å². The lowest BCUT2D eigenvalue weighted by Crippen LogP contribution is -2.28. The molecule has 0 fully saturated rings. The zero-order valence-electron chi connectivity index (χ0n) is 65.0. The van der Waals surface area contributed by atoms with E-state index in [-0.39, 0.29) is 5.69 Å². The van der Waals surface area contributed by atoms with Gasteiger partial charge >= 0.3 is 0 Å². The summed E-state index contributed by atoms with van der Waals surface area (Å²) >= 11 is 0. The molecule has 0 atom stereocenters. The van der Waals surface area contributed by atoms with Crippen molar-refractivity contribution in [3.63, 3.8) is 0 Å². The van der Waals surface area contributed by atoms with Crippen molar-refractivity contribution in [2.75, 3.05) is 4.90 Å². The van der Waals surface area contributed by atoms with Crippen LogP contribution in [-0.4, -0.2) is 0 Å². The maximum atomic E-state index is 10.3. The molecule has 0 heterocycles. The molecule has 0 saturated heterocycles. The molecule has 1 spiro atoms. The predicted octanol–water partition coefficient (Wildman–Crippen LogP) is 18.4. The zero-order valence-corrected chi connectivity index (χ0v) is 38.0. The number of anilines is 3. The molecule has 1 heteroatoms. The molecule has 0 N–H and O–H groups in total. The van der Waals surface area contributed by atoms with E-state index in [2.05, 4.69) is 30.3 Å². The minimum Gasteiger partial charge on any atom is -0.310 e. The Kier molecular flexibility index (Phi) is 5.04. The van der Waals surface area contributed by atoms with Gasteiger partial charge in [-0.15, -0.1) is 0 Å². The molecule has 340 valence electrons. The lowest BCUT2D eigenvalue weighted by Gasteiger charge is -2.34. The second-order valence-electron chi connectivity index (χ2n) is 17.8. The van der Waals surface area contributed by atoms with Crippen molar-refractivity contribution in [1.82, 2.24) is 0 Å². The Morgan fingerprint density at radius 1 is 0.288 bits per heavy atom. The molecule has 3 aliphatic carbocycles. The highest BCUT2D eigenvalue weighted by Crippen LogP contribution is 2.64. The summed E-state index contributed by atoms with van der Waals surface area (Å²) in [6.07, 6.45) is 0. The minimum atomic E-state index is -3.36. The normalized spacial score (nSPS) is 18.9. The Morgan fingerprint density at radius 3 is 1.51 bits per heavy atom. The van der Waals surface area contributed by atoms with E-state index in [1.807, 2.05) is 54.6 Å². The van der Waals surface area contributed by atoms with Gasteiger partial charge in [-0.2, -0.15) is 0 Å². The van der Waals surface area contributed by atoms with Crippen molar-refractivity contribution in [3.05, 3.63) is 329 Å². The standard InChI is InChI=1S/C72H47N/c1-4-22-50(23-5-1)71(51-24-6-2-7-25-51)66-37-19-15-32-61(66)70-62(33-20-38-67(70)71)69-55-28-11-10-21-48(55)41-45-56(69)49-39-42-53(43-40-49)73(52-26-8-3-9-27-52)54-44-46-60-59-31-14-18-36-65(59)72(68(60)47-54)63-34-16-12-29-57(63)58-30-13-17-35-64(58)72/h1-47H/i1D,2D,4D,5D,6D,7D,10D,11D,15D,19D,20D,21D,22D,23D,24D,25D,28D,32D,33D,37D,38D,39D,40D,41D,42D,43D,45D. The average Bonchev–Trinajstić information content (AvgIpc) is 1.47. The van der Waals surface area contributed by atoms with E-state index in [1.54, 1.807) is 36.4 Å². The summed E-state index contributed by atoms with van der Waals surface area (Å²) < 4.78 is 259. The summed E-state index contributed by atoms with van der Waals surface area (Å²) in [5, 5.41) is -1.58. The monoisotopic (exact) mass is 953 g/mol. The largest absolute Gasteiger partial charge is 0.310 e. The number of nitrogens with zero attached hydrogens (tertiary/aromatic N) is 1. The van der Waals surface area contributed by atoms with Crippen molar-refractivity contribution >= 4 is 27.8 Å². The van der Waals surface area contributed by atoms with Crippen molar-refractivity contribution in [1.29, 1.82) is 0 Å². The third kappa shape index (κ3) is 5.79. The number of benzene rings is 12. The van der Waals surface area contributed by atoms with Crippen molar-refractivity contribution in [2.24, 2.45) is 0 Å². The fourth-order valence-electron chi connectivity index (χ4n) is 11.6. The van der Waals surface area contributed by atoms with Crippen LogP contribution in [0.2, 0.25) is 0 Å². The number of hydrogen-bond acceptors (Lipinski definition) is 1. The number of para-hydroxylation sites is 1. The minimum absolute atomic E-state index is 0.336. The van der Waals surface area contributed by atoms with Crippen LogP contribution in [0.5, 0.6) is 0 Å². The van der Waals surface area contributed by atoms with E-state index in [1.165, 1.54) is 4.90 Å². The smallest absolute Gasteiger partial charge is 0.0726 e. The fraction of sp³-hybridized carbons (Fsp3) is 0.0278. The van der Waals surface area contributed by atoms with Gasteiger partial charge in [-0.25, -0.2) is 0 Å². The molecular formula is C72H47N. The first kappa shape index (κ1) is 22.8. The first-order valence-electron chi connectivity index (χ1n) is 36.8. The maximum absolute atomic E-state index is 10.3. The third-order valence-electron chi connectivity index (χ3n) is 14.4. The van der Waals surface area contributed by atoms with E-state index in [0.29, 0.717) is 11.4 Å². The molecule has 0 radical (unpaired) electrons. The van der Waals surface area contributed by atoms with Crippen LogP contribution in [-0.2, 0) is 10.8 Å². The Balaban J connectivity index is 1.11. The summed E-state index contributed by atoms with van der Waals surface area (Å²) in [6, 6.07) is 9.27. The molecule has 12 aromatic carbocycles. The van der Waals surface area contributed by atoms with Crippen LogP contribution < -0.4 is 4.90 Å². The van der Waals surface area contributed by atoms with E-state index in [0.717, 1.165) is 44.5 Å². The highest BCUT2D eigenvalue weighted by molar-refractivity contribution is 6.09. The number of hydrogen-bond donors (Lipinski definition) is 0. The van der Waals surface area contributed by atoms with E-state index >= 15 is 0 Å². The van der Waals surface area contributed by atoms with Crippen LogP contribution in [0, 0.1) is 0 Å². The molecule has 12 aromatic rings. The van der Waals surface area contributed by atoms with Gasteiger partial charge in [0.15, 0.2) is 0 Å². The van der Waals surface area contributed by atoms with Crippen LogP contribution >= 0.6 is 0 Å². The average molecular weight is 953 g/mol. The van der Waals surface area contributed by atoms with Crippen LogP contribution in [0.4, 0.5) is 17.1 Å². The quantitative estimate of drug-likeness (QED) is 0.154. The predicted molar refractivity (Wildman–Crippen MR) is 303 cm³/mol. The summed E-state index contributed by atoms with van der Waals surface area (Å²) in [7, 11) is 0. The van der Waals surface area contributed by atoms with Gasteiger partial charge in [0.2, 0.25) is 0 Å². The second kappa shape index (κ2) is 16.1. The molecule has 73 heavy (non-hydrogen) atoms. The molecule has 1 nitrogen and oxygen atoms in total. The molecule has 0 aliphatic heterocycles. The Morgan fingerprint density at radius 2 is 0.836 bits per heavy atom. The lowest BCUT2D eigenvalue weighted by molar-refractivity contribution is 0.768. The van der Waals surface area contributed by atoms with Crippen LogP contribution in [0.3, 0.4) is 0 Å². The van der Waals surface area contributed by atoms with Gasteiger partial charge in [0.25, 0.3) is 0 Å². The van der Waals surface area contributed by atoms with E-state index in [9.17, 15) is 27.4 Å². The van der Waals surface area contributed by atoms with Gasteiger partial charge in [-0.3, -0.25) is 0 Å². The molecule has 0 aromatic heterocycles. The highest BCUT2D eigenvalue weighted by Gasteiger charge is 2.52. The van der Waals surface area contributed by atoms with E-state index in [4.69, 9.17) is 9.60 Å². The van der Waals surface area contributed by atoms with Crippen LogP contribution in [0.25, 0.3) is 66.4 Å². The first-order valence-corrected chi connectivity index (χ1v) is 23.3. The summed E-state index contributed by atoms with van der Waals surface area (Å²) in [5.41, 5.74) is -5.75. The molecule has 0 amide bonds. The summed E-state index contributed by atoms with van der Waals surface area (Å²) in [4.78, 5) is 1.53. The van der Waals surface area contributed by atoms with Gasteiger partial charge in [-0.05, 0) is 147 Å². The maximum Gasteiger partial charge on any atom is 0.0726 e. The lowest BCUT2D eigenvalue weighted by atomic mass is 9.67. The number of rotatable bonds is 7. The molecule has 0 saturated carbocycles. The molecule has 0 unspecified atom stereocenters. The van der Waals surface area contributed by atoms with Crippen molar-refractivity contribution < 1.29 is 37.0 Å². The zero-order chi connectivity index (χ0) is 71.6. The number of fused-ring (bicyclic) bond motifs is 14. The van der Waals surface area contributed by atoms with Crippen LogP contribution in [0.15, 0.2) is 284 Å². The van der Waals surface area contributed by atoms with Gasteiger partial charge in [0.1, 0.15) is 0 Å². The van der Waals surface area contributed by atoms with Crippen molar-refractivity contribution in [3.8, 4) is 55.6 Å². The Labute approximate surface area is 464 Å². The fourth-order valence-corrected chi connectivity index (χ4v) is 11.6. The van der Waals surface area contributed by atoms with Crippen LogP contribution in [0.1, 0.15) is 81.5 Å². The second-order valence-corrected chi connectivity index (χ2v) is 17.8. The van der Waals surface area contributed by atoms with E-state index < -0.39 is 240 Å². The molecular weight excluding hydrogens is 879 g/mol. The summed E-state index contributed by atoms with van der Waals surface area (Å²) in [5.74, 6) is 0. The van der Waals surface area contributed by atoms with Crippen molar-refractivity contribution in [2.45, 2.75) is 10.8 Å². The molecule has 0 bridgehead atoms. The SMILES string of the molecule is [2H]c1c([2H])c([2H])c(C2(c3c([2H])c([2H])c([2H])c([2H])c3[2H])c3c([2H])c([2H])c([2H])c([2H])c3-c3c(-c4c(-c5c([2H])c([2H])c(N(c6ccccc6)c6ccc7c(c6)C6(c8ccccc8-c8ccccc86)c6ccccc6-7)c([2H])c5[2H])c([2H])c([2H])c5c([2H])c([2H])c([2H])c([2H])c45)c([2H])c([2H])c([2H])c32)c([2H])c1[2H]. The third-order valence-corrected chi connectivity index (χ3v) is 14.4. The topological polar surface area (TPSA) is 3.24 Å². The van der Waals surface area contributed by atoms with Gasteiger partial charge < -0.3 is 4.90 Å². The molecule has 15 rings (SSSR count). The summed E-state index contributed by atoms with van der Waals surface area (Å²) in [6.45, 7) is 0. The Hall–Kier alpha value is -9.30. The first-order chi connectivity index (χ1) is 47.5. The Bertz CT molecular complexity index is 5570. The molecule has 3 aliphatic rings. The van der Waals surface area contributed by atoms with Gasteiger partial charge in [0.05, 0.1) is 47.8 Å².